The van der Waals surface area contributed by atoms with Gasteiger partial charge in [-0.25, -0.2) is 9.59 Å². The smallest absolute Gasteiger partial charge is 0.338 e. The second kappa shape index (κ2) is 8.33. The van der Waals surface area contributed by atoms with Crippen LogP contribution in [0.4, 0.5) is 4.79 Å². The molecule has 1 heterocycles. The zero-order valence-corrected chi connectivity index (χ0v) is 16.0. The van der Waals surface area contributed by atoms with Gasteiger partial charge in [0.2, 0.25) is 0 Å². The van der Waals surface area contributed by atoms with Gasteiger partial charge in [0.05, 0.1) is 25.8 Å². The maximum absolute atomic E-state index is 13.0. The predicted octanol–water partition coefficient (Wildman–Crippen LogP) is 3.21. The molecule has 0 unspecified atom stereocenters. The van der Waals surface area contributed by atoms with Crippen LogP contribution in [0.5, 0.6) is 11.5 Å². The van der Waals surface area contributed by atoms with Crippen LogP contribution in [0.3, 0.4) is 0 Å². The highest BCUT2D eigenvalue weighted by atomic mass is 16.5. The molecular formula is C20H26N2O5. The SMILES string of the molecule is COc1ccc(OC)c([C@@H]2NC(=O)NC(C)=C2C(=O)OC2CCCCC2)c1. The van der Waals surface area contributed by atoms with Gasteiger partial charge in [-0.15, -0.1) is 0 Å². The minimum absolute atomic E-state index is 0.0722. The molecule has 0 radical (unpaired) electrons. The first-order chi connectivity index (χ1) is 13.0. The van der Waals surface area contributed by atoms with Crippen molar-refractivity contribution in [3.8, 4) is 11.5 Å². The molecule has 1 aromatic carbocycles. The molecule has 1 aliphatic carbocycles. The zero-order valence-electron chi connectivity index (χ0n) is 16.0. The maximum Gasteiger partial charge on any atom is 0.338 e. The predicted molar refractivity (Wildman–Crippen MR) is 99.6 cm³/mol. The van der Waals surface area contributed by atoms with Crippen LogP contribution in [0.1, 0.15) is 50.6 Å². The quantitative estimate of drug-likeness (QED) is 0.773. The lowest BCUT2D eigenvalue weighted by molar-refractivity contribution is -0.146. The Morgan fingerprint density at radius 1 is 1.11 bits per heavy atom. The molecule has 27 heavy (non-hydrogen) atoms. The summed E-state index contributed by atoms with van der Waals surface area (Å²) >= 11 is 0. The molecule has 2 aliphatic rings. The fourth-order valence-electron chi connectivity index (χ4n) is 3.66. The summed E-state index contributed by atoms with van der Waals surface area (Å²) in [6.07, 6.45) is 5.00. The number of allylic oxidation sites excluding steroid dienone is 1. The number of benzene rings is 1. The van der Waals surface area contributed by atoms with E-state index in [-0.39, 0.29) is 12.1 Å². The Bertz CT molecular complexity index is 753. The number of methoxy groups -OCH3 is 2. The van der Waals surface area contributed by atoms with Crippen LogP contribution in [0.25, 0.3) is 0 Å². The lowest BCUT2D eigenvalue weighted by Crippen LogP contribution is -2.45. The van der Waals surface area contributed by atoms with Crippen LogP contribution in [-0.2, 0) is 9.53 Å². The number of esters is 1. The highest BCUT2D eigenvalue weighted by Crippen LogP contribution is 2.36. The van der Waals surface area contributed by atoms with E-state index in [0.29, 0.717) is 28.3 Å². The molecule has 1 aliphatic heterocycles. The average Bonchev–Trinajstić information content (AvgIpc) is 2.67. The molecule has 0 saturated heterocycles. The monoisotopic (exact) mass is 374 g/mol. The molecule has 0 bridgehead atoms. The Balaban J connectivity index is 1.95. The van der Waals surface area contributed by atoms with E-state index >= 15 is 0 Å². The Hall–Kier alpha value is -2.70. The minimum Gasteiger partial charge on any atom is -0.497 e. The molecule has 2 N–H and O–H groups in total. The van der Waals surface area contributed by atoms with Crippen molar-refractivity contribution in [3.63, 3.8) is 0 Å². The van der Waals surface area contributed by atoms with Crippen molar-refractivity contribution in [1.29, 1.82) is 0 Å². The Kier molecular flexibility index (Phi) is 5.88. The van der Waals surface area contributed by atoms with Crippen molar-refractivity contribution in [2.24, 2.45) is 0 Å². The number of nitrogens with one attached hydrogen (secondary N) is 2. The molecule has 7 nitrogen and oxygen atoms in total. The van der Waals surface area contributed by atoms with Crippen LogP contribution in [0, 0.1) is 0 Å². The van der Waals surface area contributed by atoms with Crippen molar-refractivity contribution in [1.82, 2.24) is 10.6 Å². The van der Waals surface area contributed by atoms with E-state index in [2.05, 4.69) is 10.6 Å². The first kappa shape index (κ1) is 19.1. The summed E-state index contributed by atoms with van der Waals surface area (Å²) in [7, 11) is 3.11. The topological polar surface area (TPSA) is 85.9 Å². The summed E-state index contributed by atoms with van der Waals surface area (Å²) in [5, 5.41) is 5.48. The summed E-state index contributed by atoms with van der Waals surface area (Å²) < 4.78 is 16.5. The Morgan fingerprint density at radius 3 is 2.52 bits per heavy atom. The summed E-state index contributed by atoms with van der Waals surface area (Å²) in [4.78, 5) is 25.1. The third-order valence-electron chi connectivity index (χ3n) is 5.06. The van der Waals surface area contributed by atoms with Crippen molar-refractivity contribution in [2.75, 3.05) is 14.2 Å². The second-order valence-electron chi connectivity index (χ2n) is 6.84. The number of hydrogen-bond acceptors (Lipinski definition) is 5. The van der Waals surface area contributed by atoms with Crippen LogP contribution < -0.4 is 20.1 Å². The van der Waals surface area contributed by atoms with Gasteiger partial charge in [-0.2, -0.15) is 0 Å². The van der Waals surface area contributed by atoms with Gasteiger partial charge in [0.25, 0.3) is 0 Å². The number of hydrogen-bond donors (Lipinski definition) is 2. The largest absolute Gasteiger partial charge is 0.497 e. The summed E-state index contributed by atoms with van der Waals surface area (Å²) in [6.45, 7) is 1.70. The summed E-state index contributed by atoms with van der Waals surface area (Å²) in [5.74, 6) is 0.747. The van der Waals surface area contributed by atoms with Crippen LogP contribution in [0.15, 0.2) is 29.5 Å². The van der Waals surface area contributed by atoms with Gasteiger partial charge in [0, 0.05) is 11.3 Å². The van der Waals surface area contributed by atoms with E-state index in [4.69, 9.17) is 14.2 Å². The molecule has 146 valence electrons. The number of amides is 2. The van der Waals surface area contributed by atoms with Crippen molar-refractivity contribution in [3.05, 3.63) is 35.0 Å². The third-order valence-corrected chi connectivity index (χ3v) is 5.06. The van der Waals surface area contributed by atoms with Gasteiger partial charge in [-0.05, 0) is 50.8 Å². The van der Waals surface area contributed by atoms with Crippen molar-refractivity contribution < 1.29 is 23.8 Å². The molecular weight excluding hydrogens is 348 g/mol. The van der Waals surface area contributed by atoms with Crippen LogP contribution in [-0.4, -0.2) is 32.3 Å². The van der Waals surface area contributed by atoms with Crippen molar-refractivity contribution >= 4 is 12.0 Å². The van der Waals surface area contributed by atoms with Gasteiger partial charge in [-0.3, -0.25) is 0 Å². The first-order valence-corrected chi connectivity index (χ1v) is 9.24. The van der Waals surface area contributed by atoms with Gasteiger partial charge in [0.1, 0.15) is 17.6 Å². The number of urea groups is 1. The van der Waals surface area contributed by atoms with E-state index in [9.17, 15) is 9.59 Å². The standard InChI is InChI=1S/C20H26N2O5/c1-12-17(19(23)27-13-7-5-4-6-8-13)18(22-20(24)21-12)15-11-14(25-2)9-10-16(15)26-3/h9-11,13,18H,4-8H2,1-3H3,(H2,21,22,24)/t18-/m0/s1. The highest BCUT2D eigenvalue weighted by Gasteiger charge is 2.35. The molecule has 7 heteroatoms. The van der Waals surface area contributed by atoms with Gasteiger partial charge < -0.3 is 24.8 Å². The zero-order chi connectivity index (χ0) is 19.4. The molecule has 1 saturated carbocycles. The molecule has 0 spiro atoms. The minimum atomic E-state index is -0.681. The lowest BCUT2D eigenvalue weighted by Gasteiger charge is -2.31. The van der Waals surface area contributed by atoms with E-state index in [0.717, 1.165) is 25.7 Å². The highest BCUT2D eigenvalue weighted by molar-refractivity contribution is 5.95. The van der Waals surface area contributed by atoms with E-state index in [1.165, 1.54) is 6.42 Å². The average molecular weight is 374 g/mol. The maximum atomic E-state index is 13.0. The molecule has 2 amide bonds. The van der Waals surface area contributed by atoms with Crippen LogP contribution in [0.2, 0.25) is 0 Å². The van der Waals surface area contributed by atoms with E-state index in [1.54, 1.807) is 39.3 Å². The lowest BCUT2D eigenvalue weighted by atomic mass is 9.94. The Labute approximate surface area is 159 Å². The molecule has 1 aromatic rings. The number of rotatable bonds is 5. The Morgan fingerprint density at radius 2 is 1.85 bits per heavy atom. The fourth-order valence-corrected chi connectivity index (χ4v) is 3.66. The fraction of sp³-hybridized carbons (Fsp3) is 0.500. The second-order valence-corrected chi connectivity index (χ2v) is 6.84. The van der Waals surface area contributed by atoms with Gasteiger partial charge in [0.15, 0.2) is 0 Å². The molecule has 1 fully saturated rings. The van der Waals surface area contributed by atoms with E-state index < -0.39 is 12.0 Å². The van der Waals surface area contributed by atoms with Gasteiger partial charge >= 0.3 is 12.0 Å². The molecule has 3 rings (SSSR count). The summed E-state index contributed by atoms with van der Waals surface area (Å²) in [5.41, 5.74) is 1.50. The molecule has 0 aromatic heterocycles. The third kappa shape index (κ3) is 4.18. The van der Waals surface area contributed by atoms with E-state index in [1.807, 2.05) is 0 Å². The summed E-state index contributed by atoms with van der Waals surface area (Å²) in [6, 6.07) is 4.22. The number of carbonyl (C=O) groups excluding carboxylic acids is 2. The van der Waals surface area contributed by atoms with Crippen molar-refractivity contribution in [2.45, 2.75) is 51.2 Å². The number of ether oxygens (including phenoxy) is 3. The van der Waals surface area contributed by atoms with Gasteiger partial charge in [-0.1, -0.05) is 6.42 Å². The normalized spacial score (nSPS) is 20.6. The number of carbonyl (C=O) groups is 2. The first-order valence-electron chi connectivity index (χ1n) is 9.24. The van der Waals surface area contributed by atoms with Crippen LogP contribution >= 0.6 is 0 Å². The molecule has 1 atom stereocenters.